The van der Waals surface area contributed by atoms with Gasteiger partial charge < -0.3 is 10.0 Å². The first-order valence-electron chi connectivity index (χ1n) is 10.9. The summed E-state index contributed by atoms with van der Waals surface area (Å²) < 4.78 is 0. The van der Waals surface area contributed by atoms with Crippen LogP contribution in [-0.2, 0) is 0 Å². The number of likely N-dealkylation sites (tertiary alicyclic amines) is 1. The molecule has 0 aliphatic carbocycles. The molecule has 30 heavy (non-hydrogen) atoms. The highest BCUT2D eigenvalue weighted by Gasteiger charge is 2.36. The quantitative estimate of drug-likeness (QED) is 0.666. The highest BCUT2D eigenvalue weighted by molar-refractivity contribution is 5.96. The summed E-state index contributed by atoms with van der Waals surface area (Å²) >= 11 is 0. The summed E-state index contributed by atoms with van der Waals surface area (Å²) in [5, 5.41) is 11.0. The summed E-state index contributed by atoms with van der Waals surface area (Å²) in [6.07, 6.45) is 4.08. The van der Waals surface area contributed by atoms with Crippen molar-refractivity contribution in [2.45, 2.75) is 50.7 Å². The van der Waals surface area contributed by atoms with Crippen molar-refractivity contribution in [3.63, 3.8) is 0 Å². The van der Waals surface area contributed by atoms with Crippen molar-refractivity contribution in [2.75, 3.05) is 31.1 Å². The first-order valence-corrected chi connectivity index (χ1v) is 10.9. The van der Waals surface area contributed by atoms with Crippen LogP contribution in [0.5, 0.6) is 0 Å². The molecule has 1 N–H and O–H groups in total. The van der Waals surface area contributed by atoms with Crippen molar-refractivity contribution >= 4 is 23.9 Å². The third-order valence-corrected chi connectivity index (χ3v) is 6.71. The monoisotopic (exact) mass is 428 g/mol. The van der Waals surface area contributed by atoms with E-state index in [-0.39, 0.29) is 24.6 Å². The number of hydrogen-bond donors (Lipinski definition) is 1. The van der Waals surface area contributed by atoms with Crippen molar-refractivity contribution in [3.05, 3.63) is 65.7 Å². The second-order valence-electron chi connectivity index (χ2n) is 8.69. The predicted molar refractivity (Wildman–Crippen MR) is 125 cm³/mol. The Morgan fingerprint density at radius 2 is 1.57 bits per heavy atom. The number of carbonyl (C=O) groups is 1. The molecule has 1 atom stereocenters. The maximum Gasteiger partial charge on any atom is 0.165 e. The maximum absolute atomic E-state index is 12.5. The number of piperidine rings is 1. The van der Waals surface area contributed by atoms with E-state index in [2.05, 4.69) is 41.0 Å². The van der Waals surface area contributed by atoms with Crippen LogP contribution in [0, 0.1) is 0 Å². The van der Waals surface area contributed by atoms with Crippen molar-refractivity contribution < 1.29 is 9.90 Å². The fourth-order valence-electron chi connectivity index (χ4n) is 4.68. The van der Waals surface area contributed by atoms with Crippen LogP contribution in [0.4, 0.5) is 5.69 Å². The van der Waals surface area contributed by atoms with Crippen LogP contribution >= 0.6 is 12.4 Å². The Kier molecular flexibility index (Phi) is 7.56. The van der Waals surface area contributed by atoms with Crippen LogP contribution in [0.2, 0.25) is 0 Å². The van der Waals surface area contributed by atoms with Crippen LogP contribution in [0.25, 0.3) is 0 Å². The number of nitrogens with zero attached hydrogens (tertiary/aromatic N) is 2. The standard InChI is InChI=1S/C25H32N2O2.ClH/c1-20(21-9-11-23(12-10-21)27-15-5-6-16-27)26-17-13-25(29,14-18-26)19-24(28)22-7-3-2-4-8-22;/h2-4,7-12,20,29H,5-6,13-19H2,1H3;1H. The van der Waals surface area contributed by atoms with E-state index in [0.29, 0.717) is 24.4 Å². The summed E-state index contributed by atoms with van der Waals surface area (Å²) in [7, 11) is 0. The Bertz CT molecular complexity index is 811. The Morgan fingerprint density at radius 1 is 0.967 bits per heavy atom. The van der Waals surface area contributed by atoms with Crippen LogP contribution in [0.3, 0.4) is 0 Å². The van der Waals surface area contributed by atoms with Gasteiger partial charge >= 0.3 is 0 Å². The molecule has 0 bridgehead atoms. The Morgan fingerprint density at radius 3 is 2.17 bits per heavy atom. The smallest absolute Gasteiger partial charge is 0.165 e. The first-order chi connectivity index (χ1) is 14.0. The Balaban J connectivity index is 0.00000256. The molecule has 4 rings (SSSR count). The van der Waals surface area contributed by atoms with Crippen molar-refractivity contribution in [1.29, 1.82) is 0 Å². The molecule has 2 heterocycles. The molecule has 2 fully saturated rings. The van der Waals surface area contributed by atoms with Crippen LogP contribution in [0.15, 0.2) is 54.6 Å². The maximum atomic E-state index is 12.5. The van der Waals surface area contributed by atoms with Crippen molar-refractivity contribution in [2.24, 2.45) is 0 Å². The average molecular weight is 429 g/mol. The zero-order valence-corrected chi connectivity index (χ0v) is 18.6. The highest BCUT2D eigenvalue weighted by Crippen LogP contribution is 2.32. The number of benzene rings is 2. The van der Waals surface area contributed by atoms with Crippen LogP contribution in [0.1, 0.15) is 61.0 Å². The van der Waals surface area contributed by atoms with Crippen molar-refractivity contribution in [1.82, 2.24) is 4.90 Å². The van der Waals surface area contributed by atoms with Gasteiger partial charge in [-0.05, 0) is 50.3 Å². The Hall–Kier alpha value is -1.88. The molecule has 4 nitrogen and oxygen atoms in total. The van der Waals surface area contributed by atoms with E-state index >= 15 is 0 Å². The molecule has 162 valence electrons. The minimum atomic E-state index is -0.886. The molecule has 2 aromatic carbocycles. The van der Waals surface area contributed by atoms with Gasteiger partial charge in [-0.15, -0.1) is 12.4 Å². The molecule has 2 aromatic rings. The normalized spacial score (nSPS) is 19.9. The van der Waals surface area contributed by atoms with E-state index < -0.39 is 5.60 Å². The van der Waals surface area contributed by atoms with Crippen molar-refractivity contribution in [3.8, 4) is 0 Å². The summed E-state index contributed by atoms with van der Waals surface area (Å²) in [5.41, 5.74) is 2.45. The molecule has 0 spiro atoms. The molecule has 5 heteroatoms. The number of anilines is 1. The molecule has 1 unspecified atom stereocenters. The lowest BCUT2D eigenvalue weighted by atomic mass is 9.84. The van der Waals surface area contributed by atoms with E-state index in [1.165, 1.54) is 37.2 Å². The van der Waals surface area contributed by atoms with Gasteiger partial charge in [0.25, 0.3) is 0 Å². The van der Waals surface area contributed by atoms with Gasteiger partial charge in [0.1, 0.15) is 0 Å². The number of ketones is 1. The highest BCUT2D eigenvalue weighted by atomic mass is 35.5. The molecule has 0 amide bonds. The van der Waals surface area contributed by atoms with Gasteiger partial charge in [0.15, 0.2) is 5.78 Å². The van der Waals surface area contributed by atoms with Crippen LogP contribution < -0.4 is 4.90 Å². The lowest BCUT2D eigenvalue weighted by Gasteiger charge is -2.40. The molecule has 2 aliphatic rings. The van der Waals surface area contributed by atoms with Gasteiger partial charge in [0, 0.05) is 49.9 Å². The molecular weight excluding hydrogens is 396 g/mol. The topological polar surface area (TPSA) is 43.8 Å². The van der Waals surface area contributed by atoms with Gasteiger partial charge in [-0.1, -0.05) is 42.5 Å². The van der Waals surface area contributed by atoms with E-state index in [1.807, 2.05) is 30.3 Å². The summed E-state index contributed by atoms with van der Waals surface area (Å²) in [6.45, 7) is 6.20. The van der Waals surface area contributed by atoms with Gasteiger partial charge in [-0.3, -0.25) is 9.69 Å². The van der Waals surface area contributed by atoms with E-state index in [9.17, 15) is 9.90 Å². The third-order valence-electron chi connectivity index (χ3n) is 6.71. The average Bonchev–Trinajstić information content (AvgIpc) is 3.29. The molecule has 0 aromatic heterocycles. The van der Waals surface area contributed by atoms with E-state index in [0.717, 1.165) is 13.1 Å². The SMILES string of the molecule is CC(c1ccc(N2CCCC2)cc1)N1CCC(O)(CC(=O)c2ccccc2)CC1.Cl. The zero-order valence-electron chi connectivity index (χ0n) is 17.8. The largest absolute Gasteiger partial charge is 0.389 e. The minimum absolute atomic E-state index is 0. The number of rotatable bonds is 6. The summed E-state index contributed by atoms with van der Waals surface area (Å²) in [4.78, 5) is 17.4. The van der Waals surface area contributed by atoms with E-state index in [4.69, 9.17) is 0 Å². The van der Waals surface area contributed by atoms with Gasteiger partial charge in [-0.2, -0.15) is 0 Å². The second-order valence-corrected chi connectivity index (χ2v) is 8.69. The number of aliphatic hydroxyl groups is 1. The lowest BCUT2D eigenvalue weighted by molar-refractivity contribution is -0.0303. The van der Waals surface area contributed by atoms with Gasteiger partial charge in [0.05, 0.1) is 5.60 Å². The fraction of sp³-hybridized carbons (Fsp3) is 0.480. The molecule has 0 radical (unpaired) electrons. The summed E-state index contributed by atoms with van der Waals surface area (Å²) in [6, 6.07) is 18.6. The van der Waals surface area contributed by atoms with Gasteiger partial charge in [0.2, 0.25) is 0 Å². The Labute approximate surface area is 186 Å². The van der Waals surface area contributed by atoms with Gasteiger partial charge in [-0.25, -0.2) is 0 Å². The molecular formula is C25H33ClN2O2. The van der Waals surface area contributed by atoms with E-state index in [1.54, 1.807) is 0 Å². The number of Topliss-reactive ketones (excluding diaryl/α,β-unsaturated/α-hetero) is 1. The fourth-order valence-corrected chi connectivity index (χ4v) is 4.68. The number of halogens is 1. The zero-order chi connectivity index (χ0) is 20.3. The minimum Gasteiger partial charge on any atom is -0.389 e. The first kappa shape index (κ1) is 22.8. The number of carbonyl (C=O) groups excluding carboxylic acids is 1. The number of hydrogen-bond acceptors (Lipinski definition) is 4. The molecule has 2 saturated heterocycles. The molecule has 0 saturated carbocycles. The van der Waals surface area contributed by atoms with Crippen LogP contribution in [-0.4, -0.2) is 47.6 Å². The third kappa shape index (κ3) is 5.23. The lowest BCUT2D eigenvalue weighted by Crippen LogP contribution is -2.46. The predicted octanol–water partition coefficient (Wildman–Crippen LogP) is 4.87. The molecule has 2 aliphatic heterocycles. The summed E-state index contributed by atoms with van der Waals surface area (Å²) in [5.74, 6) is 0.0344. The second kappa shape index (κ2) is 9.95.